The van der Waals surface area contributed by atoms with E-state index in [0.29, 0.717) is 13.2 Å². The minimum Gasteiger partial charge on any atom is -0.464 e. The summed E-state index contributed by atoms with van der Waals surface area (Å²) in [6.07, 6.45) is 3.23. The molecule has 0 radical (unpaired) electrons. The van der Waals surface area contributed by atoms with Gasteiger partial charge in [-0.1, -0.05) is 0 Å². The van der Waals surface area contributed by atoms with Gasteiger partial charge >= 0.3 is 14.6 Å². The second-order valence-electron chi connectivity index (χ2n) is 3.32. The summed E-state index contributed by atoms with van der Waals surface area (Å²) in [5.74, 6) is -0.422. The van der Waals surface area contributed by atoms with Crippen molar-refractivity contribution in [1.82, 2.24) is 0 Å². The van der Waals surface area contributed by atoms with Gasteiger partial charge in [0, 0.05) is 0 Å². The molecular formula is C9H15O5P. The third-order valence-corrected chi connectivity index (χ3v) is 2.85. The lowest BCUT2D eigenvalue weighted by atomic mass is 10.1. The van der Waals surface area contributed by atoms with Crippen molar-refractivity contribution in [3.63, 3.8) is 0 Å². The number of carbonyl (C=O) groups excluding carboxylic acids is 1. The van der Waals surface area contributed by atoms with Gasteiger partial charge in [-0.3, -0.25) is 9.05 Å². The lowest BCUT2D eigenvalue weighted by Gasteiger charge is -2.26. The molecule has 6 heteroatoms. The molecule has 0 saturated heterocycles. The molecule has 0 aromatic rings. The van der Waals surface area contributed by atoms with Gasteiger partial charge in [0.1, 0.15) is 0 Å². The minimum absolute atomic E-state index is 0.325. The summed E-state index contributed by atoms with van der Waals surface area (Å²) in [4.78, 5) is 11.5. The fourth-order valence-corrected chi connectivity index (χ4v) is 1.84. The third kappa shape index (κ3) is 3.78. The first kappa shape index (κ1) is 12.4. The van der Waals surface area contributed by atoms with Gasteiger partial charge in [-0.25, -0.2) is 4.79 Å². The molecule has 0 aliphatic carbocycles. The van der Waals surface area contributed by atoms with Gasteiger partial charge in [0.05, 0.1) is 19.5 Å². The first-order valence-electron chi connectivity index (χ1n) is 4.67. The highest BCUT2D eigenvalue weighted by molar-refractivity contribution is 7.41. The van der Waals surface area contributed by atoms with E-state index in [4.69, 9.17) is 18.3 Å². The van der Waals surface area contributed by atoms with Gasteiger partial charge in [0.25, 0.3) is 0 Å². The molecule has 1 atom stereocenters. The molecule has 5 nitrogen and oxygen atoms in total. The van der Waals surface area contributed by atoms with Crippen molar-refractivity contribution in [2.75, 3.05) is 13.2 Å². The number of rotatable bonds is 4. The molecular weight excluding hydrogens is 219 g/mol. The maximum absolute atomic E-state index is 11.5. The van der Waals surface area contributed by atoms with Crippen LogP contribution in [0.3, 0.4) is 0 Å². The van der Waals surface area contributed by atoms with Crippen molar-refractivity contribution in [2.24, 2.45) is 0 Å². The van der Waals surface area contributed by atoms with Crippen LogP contribution in [0.15, 0.2) is 12.3 Å². The number of hydrogen-bond donors (Lipinski definition) is 0. The van der Waals surface area contributed by atoms with E-state index in [0.717, 1.165) is 0 Å². The zero-order valence-electron chi connectivity index (χ0n) is 9.06. The predicted octanol–water partition coefficient (Wildman–Crippen LogP) is 2.13. The first-order chi connectivity index (χ1) is 7.06. The van der Waals surface area contributed by atoms with Crippen molar-refractivity contribution in [3.05, 3.63) is 12.3 Å². The Balaban J connectivity index is 2.47. The van der Waals surface area contributed by atoms with Crippen molar-refractivity contribution >= 4 is 14.6 Å². The Labute approximate surface area is 90.3 Å². The summed E-state index contributed by atoms with van der Waals surface area (Å²) in [6, 6.07) is 0. The smallest absolute Gasteiger partial charge is 0.398 e. The van der Waals surface area contributed by atoms with Crippen LogP contribution in [0.4, 0.5) is 0 Å². The average molecular weight is 234 g/mol. The van der Waals surface area contributed by atoms with E-state index < -0.39 is 20.2 Å². The van der Waals surface area contributed by atoms with Crippen LogP contribution < -0.4 is 0 Å². The molecule has 0 fully saturated rings. The molecule has 0 amide bonds. The van der Waals surface area contributed by atoms with Crippen molar-refractivity contribution in [2.45, 2.75) is 26.4 Å². The maximum atomic E-state index is 11.5. The van der Waals surface area contributed by atoms with Gasteiger partial charge in [-0.2, -0.15) is 0 Å². The van der Waals surface area contributed by atoms with E-state index in [9.17, 15) is 4.79 Å². The topological polar surface area (TPSA) is 54.0 Å². The normalized spacial score (nSPS) is 20.9. The molecule has 1 aliphatic heterocycles. The molecule has 86 valence electrons. The Kier molecular flexibility index (Phi) is 4.51. The Hall–Kier alpha value is -0.640. The van der Waals surface area contributed by atoms with E-state index in [1.54, 1.807) is 26.8 Å². The fraction of sp³-hybridized carbons (Fsp3) is 0.667. The Morgan fingerprint density at radius 3 is 2.87 bits per heavy atom. The highest BCUT2D eigenvalue weighted by Gasteiger charge is 2.36. The van der Waals surface area contributed by atoms with E-state index in [-0.39, 0.29) is 0 Å². The summed E-state index contributed by atoms with van der Waals surface area (Å²) in [5.41, 5.74) is -1.05. The highest BCUT2D eigenvalue weighted by atomic mass is 31.2. The molecule has 1 rings (SSSR count). The quantitative estimate of drug-likeness (QED) is 0.551. The molecule has 0 N–H and O–H groups in total. The summed E-state index contributed by atoms with van der Waals surface area (Å²) < 4.78 is 20.5. The number of esters is 1. The van der Waals surface area contributed by atoms with Gasteiger partial charge in [-0.15, -0.1) is 0 Å². The minimum atomic E-state index is -1.49. The Morgan fingerprint density at radius 1 is 1.60 bits per heavy atom. The SMILES string of the molecule is CCOC(=O)C(C)(C)OP1OC=CCO1. The molecule has 0 spiro atoms. The van der Waals surface area contributed by atoms with Crippen molar-refractivity contribution in [1.29, 1.82) is 0 Å². The second kappa shape index (κ2) is 5.45. The molecule has 0 saturated carbocycles. The van der Waals surface area contributed by atoms with Gasteiger partial charge < -0.3 is 9.26 Å². The summed E-state index contributed by atoms with van der Waals surface area (Å²) in [5, 5.41) is 0. The van der Waals surface area contributed by atoms with Gasteiger partial charge in [0.2, 0.25) is 0 Å². The zero-order valence-corrected chi connectivity index (χ0v) is 9.95. The van der Waals surface area contributed by atoms with Crippen LogP contribution in [0.25, 0.3) is 0 Å². The monoisotopic (exact) mass is 234 g/mol. The lowest BCUT2D eigenvalue weighted by Crippen LogP contribution is -2.35. The van der Waals surface area contributed by atoms with E-state index in [1.807, 2.05) is 0 Å². The van der Waals surface area contributed by atoms with Gasteiger partial charge in [-0.05, 0) is 26.8 Å². The van der Waals surface area contributed by atoms with Crippen LogP contribution in [0.2, 0.25) is 0 Å². The largest absolute Gasteiger partial charge is 0.464 e. The average Bonchev–Trinajstić information content (AvgIpc) is 2.19. The molecule has 15 heavy (non-hydrogen) atoms. The molecule has 0 aromatic carbocycles. The fourth-order valence-electron chi connectivity index (χ4n) is 0.843. The van der Waals surface area contributed by atoms with Crippen LogP contribution >= 0.6 is 8.60 Å². The molecule has 0 aromatic heterocycles. The molecule has 1 heterocycles. The van der Waals surface area contributed by atoms with E-state index in [1.165, 1.54) is 6.26 Å². The van der Waals surface area contributed by atoms with Crippen molar-refractivity contribution in [3.8, 4) is 0 Å². The predicted molar refractivity (Wildman–Crippen MR) is 54.9 cm³/mol. The second-order valence-corrected chi connectivity index (χ2v) is 4.42. The zero-order chi connectivity index (χ0) is 11.3. The summed E-state index contributed by atoms with van der Waals surface area (Å²) in [6.45, 7) is 5.75. The van der Waals surface area contributed by atoms with Crippen LogP contribution in [0, 0.1) is 0 Å². The number of hydrogen-bond acceptors (Lipinski definition) is 5. The number of ether oxygens (including phenoxy) is 1. The van der Waals surface area contributed by atoms with Crippen LogP contribution in [0.5, 0.6) is 0 Å². The van der Waals surface area contributed by atoms with Gasteiger partial charge in [0.15, 0.2) is 5.60 Å². The molecule has 1 aliphatic rings. The molecule has 1 unspecified atom stereocenters. The van der Waals surface area contributed by atoms with Crippen molar-refractivity contribution < 1.29 is 23.1 Å². The Morgan fingerprint density at radius 2 is 2.33 bits per heavy atom. The summed E-state index contributed by atoms with van der Waals surface area (Å²) in [7, 11) is -1.49. The maximum Gasteiger partial charge on any atom is 0.398 e. The third-order valence-electron chi connectivity index (χ3n) is 1.59. The van der Waals surface area contributed by atoms with E-state index >= 15 is 0 Å². The summed E-state index contributed by atoms with van der Waals surface area (Å²) >= 11 is 0. The highest BCUT2D eigenvalue weighted by Crippen LogP contribution is 2.45. The van der Waals surface area contributed by atoms with E-state index in [2.05, 4.69) is 0 Å². The van der Waals surface area contributed by atoms with Crippen LogP contribution in [0.1, 0.15) is 20.8 Å². The van der Waals surface area contributed by atoms with Crippen LogP contribution in [-0.2, 0) is 23.1 Å². The number of carbonyl (C=O) groups is 1. The van der Waals surface area contributed by atoms with Crippen LogP contribution in [-0.4, -0.2) is 24.8 Å². The lowest BCUT2D eigenvalue weighted by molar-refractivity contribution is -0.159. The Bertz CT molecular complexity index is 251. The standard InChI is InChI=1S/C9H15O5P/c1-4-11-8(10)9(2,3)14-15-12-6-5-7-13-15/h5-6H,4,7H2,1-3H3. The molecule has 0 bridgehead atoms. The first-order valence-corrected chi connectivity index (χ1v) is 5.77.